The third kappa shape index (κ3) is 8.04. The Balaban J connectivity index is 0.951. The van der Waals surface area contributed by atoms with Crippen molar-refractivity contribution >= 4 is 12.3 Å². The number of nitrogens with one attached hydrogen (secondary N) is 1. The van der Waals surface area contributed by atoms with E-state index >= 15 is 15.0 Å². The van der Waals surface area contributed by atoms with Crippen molar-refractivity contribution in [2.75, 3.05) is 7.05 Å². The average molecular weight is 1110 g/mol. The molecule has 10 heteroatoms. The third-order valence-corrected chi connectivity index (χ3v) is 26.6. The minimum Gasteiger partial charge on any atom is -0.454 e. The molecular weight excluding hydrogens is 1020 g/mol. The van der Waals surface area contributed by atoms with Crippen molar-refractivity contribution in [3.63, 3.8) is 0 Å². The van der Waals surface area contributed by atoms with Gasteiger partial charge in [0.05, 0.1) is 29.8 Å². The Bertz CT molecular complexity index is 3020. The van der Waals surface area contributed by atoms with Gasteiger partial charge in [0.1, 0.15) is 23.6 Å². The van der Waals surface area contributed by atoms with Gasteiger partial charge in [0.2, 0.25) is 0 Å². The Labute approximate surface area is 486 Å². The van der Waals surface area contributed by atoms with Crippen molar-refractivity contribution in [3.05, 3.63) is 118 Å². The third-order valence-electron chi connectivity index (χ3n) is 26.6. The molecule has 12 aliphatic rings. The SMILES string of the molecule is CN[C@@H]1Cc2c(cccc2CO)C#C[C@]2(CC[C@H](Cc3ccccc3)C2)C[C@]23CC[C@H]4[C@@](O)([C@@H](O)[C@@H]5C[C@H]([C@@H](C)C6CCCC6)CC[C@H]6[C@@H](O)[C@]7(CC[C@H](CCc8ccccc8)C7)C[C@@]4(C=O)[C@@]65O)[C@@]2(O)C[C@@H]2C[C@@H]1[C@H]1OC(=O)C=C1[C@@H]23. The number of fused-ring (bicyclic) bond motifs is 4. The number of aldehydes is 1. The lowest BCUT2D eigenvalue weighted by atomic mass is 9.32. The Hall–Kier alpha value is -4.18. The second kappa shape index (κ2) is 20.5. The van der Waals surface area contributed by atoms with Gasteiger partial charge in [-0.25, -0.2) is 4.79 Å². The van der Waals surface area contributed by atoms with E-state index in [9.17, 15) is 25.2 Å². The highest BCUT2D eigenvalue weighted by Gasteiger charge is 2.87. The summed E-state index contributed by atoms with van der Waals surface area (Å²) in [4.78, 5) is 29.6. The predicted octanol–water partition coefficient (Wildman–Crippen LogP) is 9.79. The molecule has 9 saturated carbocycles. The normalized spacial score (nSPS) is 45.7. The predicted molar refractivity (Wildman–Crippen MR) is 313 cm³/mol. The first-order valence-corrected chi connectivity index (χ1v) is 32.5. The van der Waals surface area contributed by atoms with Gasteiger partial charge in [-0.05, 0) is 210 Å². The summed E-state index contributed by atoms with van der Waals surface area (Å²) in [6.45, 7) is 2.21. The van der Waals surface area contributed by atoms with Crippen LogP contribution in [0.15, 0.2) is 90.5 Å². The quantitative estimate of drug-likeness (QED) is 0.0588. The molecule has 4 bridgehead atoms. The number of hydrogen-bond acceptors (Lipinski definition) is 10. The Kier molecular flexibility index (Phi) is 13.9. The highest BCUT2D eigenvalue weighted by atomic mass is 16.5. The first-order valence-electron chi connectivity index (χ1n) is 32.5. The molecule has 0 aromatic heterocycles. The molecule has 3 spiro atoms. The van der Waals surface area contributed by atoms with Crippen molar-refractivity contribution in [1.82, 2.24) is 5.32 Å². The van der Waals surface area contributed by atoms with Crippen LogP contribution in [0.2, 0.25) is 0 Å². The van der Waals surface area contributed by atoms with E-state index in [2.05, 4.69) is 84.7 Å². The molecule has 0 unspecified atom stereocenters. The number of rotatable bonds is 10. The van der Waals surface area contributed by atoms with E-state index in [-0.39, 0.29) is 61.5 Å². The largest absolute Gasteiger partial charge is 0.454 e. The van der Waals surface area contributed by atoms with Crippen molar-refractivity contribution in [1.29, 1.82) is 0 Å². The summed E-state index contributed by atoms with van der Waals surface area (Å²) in [5, 5.41) is 87.4. The number of likely N-dealkylation sites (N-methyl/N-ethyl adjacent to an activating group) is 1. The van der Waals surface area contributed by atoms with Gasteiger partial charge in [-0.2, -0.15) is 0 Å². The van der Waals surface area contributed by atoms with Crippen LogP contribution in [0.5, 0.6) is 0 Å². The number of esters is 1. The maximum Gasteiger partial charge on any atom is 0.331 e. The molecule has 82 heavy (non-hydrogen) atoms. The molecular formula is C72H91NO9. The number of aryl methyl sites for hydroxylation is 1. The molecule has 438 valence electrons. The molecule has 3 aromatic carbocycles. The summed E-state index contributed by atoms with van der Waals surface area (Å²) in [7, 11) is 1.95. The number of hydrogen-bond donors (Lipinski definition) is 7. The fraction of sp³-hybridized carbons (Fsp3) is 0.667. The minimum atomic E-state index is -2.28. The maximum atomic E-state index is 15.5. The maximum absolute atomic E-state index is 15.5. The van der Waals surface area contributed by atoms with E-state index < -0.39 is 86.4 Å². The van der Waals surface area contributed by atoms with E-state index in [4.69, 9.17) is 4.74 Å². The summed E-state index contributed by atoms with van der Waals surface area (Å²) >= 11 is 0. The number of benzene rings is 3. The zero-order valence-corrected chi connectivity index (χ0v) is 48.7. The molecule has 11 aliphatic carbocycles. The van der Waals surface area contributed by atoms with Crippen molar-refractivity contribution < 1.29 is 45.0 Å². The zero-order valence-electron chi connectivity index (χ0n) is 48.7. The molecule has 1 aliphatic heterocycles. The number of carbonyl (C=O) groups excluding carboxylic acids is 2. The topological polar surface area (TPSA) is 177 Å². The lowest BCUT2D eigenvalue weighted by Crippen LogP contribution is -2.86. The van der Waals surface area contributed by atoms with Gasteiger partial charge < -0.3 is 45.5 Å². The second-order valence-electron chi connectivity index (χ2n) is 29.7. The number of ether oxygens (including phenoxy) is 1. The van der Waals surface area contributed by atoms with Gasteiger partial charge in [-0.15, -0.1) is 0 Å². The number of aliphatic hydroxyl groups excluding tert-OH is 3. The molecule has 0 amide bonds. The highest BCUT2D eigenvalue weighted by molar-refractivity contribution is 5.86. The highest BCUT2D eigenvalue weighted by Crippen LogP contribution is 2.80. The van der Waals surface area contributed by atoms with Gasteiger partial charge in [-0.3, -0.25) is 0 Å². The molecule has 1 heterocycles. The van der Waals surface area contributed by atoms with Gasteiger partial charge in [-0.1, -0.05) is 117 Å². The summed E-state index contributed by atoms with van der Waals surface area (Å²) in [5.74, 6) is 5.14. The van der Waals surface area contributed by atoms with E-state index in [1.807, 2.05) is 25.2 Å². The minimum absolute atomic E-state index is 0.0616. The smallest absolute Gasteiger partial charge is 0.331 e. The molecule has 3 aromatic rings. The Morgan fingerprint density at radius 1 is 0.768 bits per heavy atom. The summed E-state index contributed by atoms with van der Waals surface area (Å²) in [6, 6.07) is 27.0. The Morgan fingerprint density at radius 3 is 2.27 bits per heavy atom. The molecule has 21 atom stereocenters. The van der Waals surface area contributed by atoms with Crippen LogP contribution in [-0.4, -0.2) is 91.1 Å². The molecule has 9 fully saturated rings. The molecule has 15 rings (SSSR count). The summed E-state index contributed by atoms with van der Waals surface area (Å²) in [6.07, 6.45) is 15.8. The lowest BCUT2D eigenvalue weighted by Gasteiger charge is -2.75. The standard InChI is InChI=1S/C72H91NO9/c1-44(49-16-9-10-17-49)51-22-23-57-64(77)67(30-25-47(38-67)21-20-45-12-5-3-6-13-45)42-69(43-75)60-27-31-68-41-66(28-24-48(37-66)32-46-14-7-4-8-15-46)29-26-50-18-11-19-52(40-74)54(50)35-59(73-2)55-33-53(62(68)56-36-61(76)82-63(55)56)39-70(68,79)72(60,81)65(78)58(34-51)71(57,69)80/h3-8,11-15,18-19,36,43-44,47-49,51,53,55,57-60,62-65,73-74,77-81H,9-10,16-17,20-25,27-28,30-35,37-42H2,1-2H3/t44-,47-,48+,51+,53-,55-,57-,58-,59+,60+,62+,63+,64+,65-,66-,67-,68-,69-,70+,71+,72+/m0/s1. The molecule has 0 saturated heterocycles. The first-order chi connectivity index (χ1) is 39.6. The molecule has 7 N–H and O–H groups in total. The lowest BCUT2D eigenvalue weighted by molar-refractivity contribution is -0.385. The van der Waals surface area contributed by atoms with E-state index in [1.54, 1.807) is 6.08 Å². The van der Waals surface area contributed by atoms with Crippen LogP contribution in [0, 0.1) is 98.6 Å². The molecule has 10 nitrogen and oxygen atoms in total. The van der Waals surface area contributed by atoms with E-state index in [0.29, 0.717) is 63.2 Å². The van der Waals surface area contributed by atoms with Crippen LogP contribution in [-0.2, 0) is 40.2 Å². The number of aliphatic hydroxyl groups is 6. The van der Waals surface area contributed by atoms with Gasteiger partial charge in [0.25, 0.3) is 0 Å². The average Bonchev–Trinajstić information content (AvgIpc) is 1.80. The number of carbonyl (C=O) groups is 2. The van der Waals surface area contributed by atoms with E-state index in [1.165, 1.54) is 24.0 Å². The van der Waals surface area contributed by atoms with Gasteiger partial charge in [0.15, 0.2) is 0 Å². The van der Waals surface area contributed by atoms with Crippen LogP contribution < -0.4 is 5.32 Å². The van der Waals surface area contributed by atoms with Crippen LogP contribution in [0.1, 0.15) is 163 Å². The van der Waals surface area contributed by atoms with Crippen LogP contribution >= 0.6 is 0 Å². The van der Waals surface area contributed by atoms with Crippen molar-refractivity contribution in [2.24, 2.45) is 86.8 Å². The summed E-state index contributed by atoms with van der Waals surface area (Å²) < 4.78 is 6.53. The monoisotopic (exact) mass is 1110 g/mol. The van der Waals surface area contributed by atoms with Crippen LogP contribution in [0.4, 0.5) is 0 Å². The second-order valence-corrected chi connectivity index (χ2v) is 29.7. The van der Waals surface area contributed by atoms with Crippen molar-refractivity contribution in [3.8, 4) is 11.8 Å². The first kappa shape index (κ1) is 55.7. The fourth-order valence-electron chi connectivity index (χ4n) is 23.2. The fourth-order valence-corrected chi connectivity index (χ4v) is 23.2. The van der Waals surface area contributed by atoms with Crippen molar-refractivity contribution in [2.45, 2.75) is 202 Å². The van der Waals surface area contributed by atoms with Crippen LogP contribution in [0.25, 0.3) is 0 Å². The van der Waals surface area contributed by atoms with E-state index in [0.717, 1.165) is 92.8 Å². The zero-order chi connectivity index (χ0) is 56.6. The summed E-state index contributed by atoms with van der Waals surface area (Å²) in [5.41, 5.74) is -4.23. The Morgan fingerprint density at radius 2 is 1.52 bits per heavy atom. The van der Waals surface area contributed by atoms with Crippen LogP contribution in [0.3, 0.4) is 0 Å². The van der Waals surface area contributed by atoms with Gasteiger partial charge in [0, 0.05) is 52.2 Å². The molecule has 0 radical (unpaired) electrons. The van der Waals surface area contributed by atoms with Gasteiger partial charge >= 0.3 is 5.97 Å².